The number of halogens is 1. The van der Waals surface area contributed by atoms with Gasteiger partial charge in [0.15, 0.2) is 5.96 Å². The lowest BCUT2D eigenvalue weighted by molar-refractivity contribution is 0.0180. The zero-order chi connectivity index (χ0) is 18.1. The first kappa shape index (κ1) is 23.0. The first-order chi connectivity index (χ1) is 12.1. The molecule has 6 nitrogen and oxygen atoms in total. The Morgan fingerprint density at radius 3 is 2.50 bits per heavy atom. The lowest BCUT2D eigenvalue weighted by atomic mass is 10.0. The summed E-state index contributed by atoms with van der Waals surface area (Å²) in [4.78, 5) is 7.00. The Labute approximate surface area is 174 Å². The standard InChI is InChI=1S/C19H32N4O2.HI/c1-15(2)8-9-21-19(20)22-14-18(23-10-12-25-13-11-23)16-4-6-17(24-3)7-5-16;/h4-7,15,18H,8-14H2,1-3H3,(H3,20,21,22);1H. The van der Waals surface area contributed by atoms with Crippen LogP contribution in [0, 0.1) is 5.92 Å². The number of hydrogen-bond donors (Lipinski definition) is 2. The van der Waals surface area contributed by atoms with E-state index in [1.807, 2.05) is 12.1 Å². The predicted octanol–water partition coefficient (Wildman–Crippen LogP) is 2.64. The molecule has 2 rings (SSSR count). The summed E-state index contributed by atoms with van der Waals surface area (Å²) >= 11 is 0. The van der Waals surface area contributed by atoms with Gasteiger partial charge in [-0.2, -0.15) is 0 Å². The molecule has 0 radical (unpaired) electrons. The van der Waals surface area contributed by atoms with Gasteiger partial charge in [0.05, 0.1) is 32.9 Å². The van der Waals surface area contributed by atoms with Crippen LogP contribution in [0.2, 0.25) is 0 Å². The average Bonchev–Trinajstić information content (AvgIpc) is 2.63. The fourth-order valence-corrected chi connectivity index (χ4v) is 2.88. The molecule has 0 aromatic heterocycles. The van der Waals surface area contributed by atoms with Crippen molar-refractivity contribution in [2.75, 3.05) is 46.5 Å². The third kappa shape index (κ3) is 7.67. The number of benzene rings is 1. The van der Waals surface area contributed by atoms with Crippen molar-refractivity contribution >= 4 is 29.9 Å². The van der Waals surface area contributed by atoms with E-state index >= 15 is 0 Å². The first-order valence-electron chi connectivity index (χ1n) is 9.09. The van der Waals surface area contributed by atoms with Gasteiger partial charge in [0.1, 0.15) is 5.75 Å². The number of guanidine groups is 1. The predicted molar refractivity (Wildman–Crippen MR) is 117 cm³/mol. The Kier molecular flexibility index (Phi) is 10.9. The lowest BCUT2D eigenvalue weighted by Crippen LogP contribution is -2.41. The third-order valence-corrected chi connectivity index (χ3v) is 4.45. The molecule has 1 aliphatic heterocycles. The van der Waals surface area contributed by atoms with E-state index in [0.717, 1.165) is 45.0 Å². The number of nitrogens with one attached hydrogen (secondary N) is 1. The topological polar surface area (TPSA) is 72.1 Å². The van der Waals surface area contributed by atoms with Crippen LogP contribution in [0.3, 0.4) is 0 Å². The minimum absolute atomic E-state index is 0. The monoisotopic (exact) mass is 476 g/mol. The fraction of sp³-hybridized carbons (Fsp3) is 0.632. The van der Waals surface area contributed by atoms with E-state index in [1.165, 1.54) is 5.56 Å². The SMILES string of the molecule is COc1ccc(C(CN=C(N)NCCC(C)C)N2CCOCC2)cc1.I. The summed E-state index contributed by atoms with van der Waals surface area (Å²) in [5, 5.41) is 3.21. The van der Waals surface area contributed by atoms with Gasteiger partial charge >= 0.3 is 0 Å². The molecule has 148 valence electrons. The van der Waals surface area contributed by atoms with Crippen LogP contribution in [0.4, 0.5) is 0 Å². The van der Waals surface area contributed by atoms with Crippen LogP contribution in [-0.2, 0) is 4.74 Å². The molecule has 26 heavy (non-hydrogen) atoms. The molecule has 1 heterocycles. The first-order valence-corrected chi connectivity index (χ1v) is 9.09. The number of ether oxygens (including phenoxy) is 2. The van der Waals surface area contributed by atoms with Crippen molar-refractivity contribution in [2.24, 2.45) is 16.6 Å². The molecular weight excluding hydrogens is 443 g/mol. The highest BCUT2D eigenvalue weighted by Gasteiger charge is 2.22. The number of hydrogen-bond acceptors (Lipinski definition) is 4. The Morgan fingerprint density at radius 1 is 1.27 bits per heavy atom. The third-order valence-electron chi connectivity index (χ3n) is 4.45. The average molecular weight is 476 g/mol. The minimum atomic E-state index is 0. The van der Waals surface area contributed by atoms with Crippen molar-refractivity contribution in [1.82, 2.24) is 10.2 Å². The Hall–Kier alpha value is -1.06. The van der Waals surface area contributed by atoms with Crippen molar-refractivity contribution in [1.29, 1.82) is 0 Å². The van der Waals surface area contributed by atoms with Gasteiger partial charge in [0, 0.05) is 19.6 Å². The van der Waals surface area contributed by atoms with Gasteiger partial charge in [0.2, 0.25) is 0 Å². The summed E-state index contributed by atoms with van der Waals surface area (Å²) in [6, 6.07) is 8.40. The molecule has 1 unspecified atom stereocenters. The van der Waals surface area contributed by atoms with Gasteiger partial charge in [-0.25, -0.2) is 0 Å². The number of methoxy groups -OCH3 is 1. The summed E-state index contributed by atoms with van der Waals surface area (Å²) in [5.41, 5.74) is 7.26. The van der Waals surface area contributed by atoms with E-state index in [0.29, 0.717) is 18.4 Å². The van der Waals surface area contributed by atoms with Crippen molar-refractivity contribution in [3.8, 4) is 5.75 Å². The number of aliphatic imine (C=N–C) groups is 1. The number of nitrogens with two attached hydrogens (primary N) is 1. The van der Waals surface area contributed by atoms with Crippen LogP contribution in [0.1, 0.15) is 31.9 Å². The van der Waals surface area contributed by atoms with Crippen LogP contribution in [0.15, 0.2) is 29.3 Å². The number of rotatable bonds is 8. The van der Waals surface area contributed by atoms with Gasteiger partial charge in [-0.1, -0.05) is 26.0 Å². The van der Waals surface area contributed by atoms with Gasteiger partial charge in [-0.3, -0.25) is 9.89 Å². The van der Waals surface area contributed by atoms with Crippen LogP contribution in [0.25, 0.3) is 0 Å². The maximum atomic E-state index is 6.04. The summed E-state index contributed by atoms with van der Waals surface area (Å²) in [6.07, 6.45) is 1.08. The second-order valence-electron chi connectivity index (χ2n) is 6.77. The molecule has 0 spiro atoms. The molecule has 0 amide bonds. The smallest absolute Gasteiger partial charge is 0.188 e. The van der Waals surface area contributed by atoms with Crippen LogP contribution >= 0.6 is 24.0 Å². The molecule has 1 aromatic carbocycles. The molecular formula is C19H33IN4O2. The van der Waals surface area contributed by atoms with Crippen molar-refractivity contribution < 1.29 is 9.47 Å². The molecule has 3 N–H and O–H groups in total. The van der Waals surface area contributed by atoms with Crippen LogP contribution in [-0.4, -0.2) is 57.4 Å². The van der Waals surface area contributed by atoms with E-state index in [2.05, 4.69) is 41.2 Å². The van der Waals surface area contributed by atoms with E-state index in [9.17, 15) is 0 Å². The zero-order valence-corrected chi connectivity index (χ0v) is 18.4. The molecule has 1 fully saturated rings. The largest absolute Gasteiger partial charge is 0.497 e. The maximum absolute atomic E-state index is 6.04. The van der Waals surface area contributed by atoms with Crippen LogP contribution < -0.4 is 15.8 Å². The summed E-state index contributed by atoms with van der Waals surface area (Å²) in [5.74, 6) is 2.04. The van der Waals surface area contributed by atoms with Crippen LogP contribution in [0.5, 0.6) is 5.75 Å². The van der Waals surface area contributed by atoms with Crippen molar-refractivity contribution in [2.45, 2.75) is 26.3 Å². The molecule has 0 saturated carbocycles. The van der Waals surface area contributed by atoms with Crippen molar-refractivity contribution in [3.63, 3.8) is 0 Å². The Balaban J connectivity index is 0.00000338. The zero-order valence-electron chi connectivity index (χ0n) is 16.1. The molecule has 0 aliphatic carbocycles. The molecule has 1 saturated heterocycles. The molecule has 1 atom stereocenters. The highest BCUT2D eigenvalue weighted by atomic mass is 127. The molecule has 0 bridgehead atoms. The van der Waals surface area contributed by atoms with E-state index in [-0.39, 0.29) is 30.0 Å². The van der Waals surface area contributed by atoms with E-state index in [4.69, 9.17) is 15.2 Å². The van der Waals surface area contributed by atoms with Gasteiger partial charge in [-0.05, 0) is 30.0 Å². The Morgan fingerprint density at radius 2 is 1.92 bits per heavy atom. The second kappa shape index (κ2) is 12.3. The van der Waals surface area contributed by atoms with Crippen molar-refractivity contribution in [3.05, 3.63) is 29.8 Å². The van der Waals surface area contributed by atoms with Gasteiger partial charge < -0.3 is 20.5 Å². The number of morpholine rings is 1. The van der Waals surface area contributed by atoms with E-state index < -0.39 is 0 Å². The second-order valence-corrected chi connectivity index (χ2v) is 6.77. The molecule has 1 aromatic rings. The number of nitrogens with zero attached hydrogens (tertiary/aromatic N) is 2. The highest BCUT2D eigenvalue weighted by molar-refractivity contribution is 14.0. The normalized spacial score (nSPS) is 16.8. The summed E-state index contributed by atoms with van der Waals surface area (Å²) < 4.78 is 10.8. The Bertz CT molecular complexity index is 531. The lowest BCUT2D eigenvalue weighted by Gasteiger charge is -2.34. The summed E-state index contributed by atoms with van der Waals surface area (Å²) in [7, 11) is 1.68. The molecule has 1 aliphatic rings. The van der Waals surface area contributed by atoms with Gasteiger partial charge in [-0.15, -0.1) is 24.0 Å². The fourth-order valence-electron chi connectivity index (χ4n) is 2.88. The molecule has 7 heteroatoms. The summed E-state index contributed by atoms with van der Waals surface area (Å²) in [6.45, 7) is 9.24. The van der Waals surface area contributed by atoms with E-state index in [1.54, 1.807) is 7.11 Å². The van der Waals surface area contributed by atoms with Gasteiger partial charge in [0.25, 0.3) is 0 Å². The highest BCUT2D eigenvalue weighted by Crippen LogP contribution is 2.24. The maximum Gasteiger partial charge on any atom is 0.188 e. The minimum Gasteiger partial charge on any atom is -0.497 e. The quantitative estimate of drug-likeness (QED) is 0.343.